The van der Waals surface area contributed by atoms with Crippen LogP contribution in [0.3, 0.4) is 0 Å². The average molecular weight is 228 g/mol. The highest BCUT2D eigenvalue weighted by Gasteiger charge is 2.11. The Balaban J connectivity index is 2.50. The zero-order valence-corrected chi connectivity index (χ0v) is 10.1. The van der Waals surface area contributed by atoms with Crippen LogP contribution in [0.1, 0.15) is 19.4 Å². The maximum Gasteiger partial charge on any atom is 0.133 e. The van der Waals surface area contributed by atoms with E-state index >= 15 is 0 Å². The molecule has 4 heteroatoms. The van der Waals surface area contributed by atoms with Crippen molar-refractivity contribution in [3.63, 3.8) is 0 Å². The van der Waals surface area contributed by atoms with Crippen molar-refractivity contribution in [3.05, 3.63) is 36.3 Å². The maximum absolute atomic E-state index is 4.35. The second kappa shape index (κ2) is 5.39. The first-order valence-electron chi connectivity index (χ1n) is 5.86. The van der Waals surface area contributed by atoms with Crippen LogP contribution in [0, 0.1) is 0 Å². The van der Waals surface area contributed by atoms with Gasteiger partial charge in [0.15, 0.2) is 0 Å². The molecule has 88 valence electrons. The normalized spacial score (nSPS) is 10.2. The third-order valence-corrected chi connectivity index (χ3v) is 2.55. The fourth-order valence-electron chi connectivity index (χ4n) is 1.79. The summed E-state index contributed by atoms with van der Waals surface area (Å²) in [6.45, 7) is 5.01. The van der Waals surface area contributed by atoms with Crippen LogP contribution in [-0.2, 0) is 6.42 Å². The minimum atomic E-state index is 0.853. The molecule has 17 heavy (non-hydrogen) atoms. The smallest absolute Gasteiger partial charge is 0.133 e. The van der Waals surface area contributed by atoms with Crippen LogP contribution < -0.4 is 5.32 Å². The van der Waals surface area contributed by atoms with Crippen LogP contribution in [0.25, 0.3) is 11.4 Å². The van der Waals surface area contributed by atoms with E-state index in [0.717, 1.165) is 35.7 Å². The SMILES string of the molecule is CCNc1ncnc(-c2ccccn2)c1CC. The van der Waals surface area contributed by atoms with Crippen LogP contribution >= 0.6 is 0 Å². The molecule has 2 aromatic heterocycles. The van der Waals surface area contributed by atoms with Gasteiger partial charge in [-0.25, -0.2) is 9.97 Å². The first-order chi connectivity index (χ1) is 8.36. The Labute approximate surface area is 101 Å². The van der Waals surface area contributed by atoms with E-state index < -0.39 is 0 Å². The van der Waals surface area contributed by atoms with E-state index in [1.807, 2.05) is 18.2 Å². The van der Waals surface area contributed by atoms with Gasteiger partial charge in [0.25, 0.3) is 0 Å². The van der Waals surface area contributed by atoms with Crippen molar-refractivity contribution in [2.75, 3.05) is 11.9 Å². The molecule has 0 fully saturated rings. The largest absolute Gasteiger partial charge is 0.370 e. The Kier molecular flexibility index (Phi) is 3.65. The maximum atomic E-state index is 4.35. The molecule has 0 bridgehead atoms. The number of hydrogen-bond donors (Lipinski definition) is 1. The summed E-state index contributed by atoms with van der Waals surface area (Å²) in [5, 5.41) is 3.26. The average Bonchev–Trinajstić information content (AvgIpc) is 2.40. The zero-order chi connectivity index (χ0) is 12.1. The number of nitrogens with one attached hydrogen (secondary N) is 1. The zero-order valence-electron chi connectivity index (χ0n) is 10.1. The van der Waals surface area contributed by atoms with E-state index in [1.54, 1.807) is 12.5 Å². The number of anilines is 1. The second-order valence-corrected chi connectivity index (χ2v) is 3.65. The highest BCUT2D eigenvalue weighted by atomic mass is 15.0. The summed E-state index contributed by atoms with van der Waals surface area (Å²) < 4.78 is 0. The molecule has 0 atom stereocenters. The number of pyridine rings is 1. The van der Waals surface area contributed by atoms with Crippen molar-refractivity contribution in [3.8, 4) is 11.4 Å². The van der Waals surface area contributed by atoms with Gasteiger partial charge in [-0.2, -0.15) is 0 Å². The molecule has 0 spiro atoms. The highest BCUT2D eigenvalue weighted by Crippen LogP contribution is 2.24. The lowest BCUT2D eigenvalue weighted by Crippen LogP contribution is -2.06. The Morgan fingerprint density at radius 1 is 1.12 bits per heavy atom. The predicted octanol–water partition coefficient (Wildman–Crippen LogP) is 2.53. The quantitative estimate of drug-likeness (QED) is 0.873. The monoisotopic (exact) mass is 228 g/mol. The van der Waals surface area contributed by atoms with E-state index in [2.05, 4.69) is 34.1 Å². The topological polar surface area (TPSA) is 50.7 Å². The molecule has 4 nitrogen and oxygen atoms in total. The molecule has 0 saturated heterocycles. The molecule has 2 rings (SSSR count). The van der Waals surface area contributed by atoms with Crippen molar-refractivity contribution >= 4 is 5.82 Å². The van der Waals surface area contributed by atoms with Crippen LogP contribution in [0.4, 0.5) is 5.82 Å². The fourth-order valence-corrected chi connectivity index (χ4v) is 1.79. The summed E-state index contributed by atoms with van der Waals surface area (Å²) >= 11 is 0. The molecular weight excluding hydrogens is 212 g/mol. The summed E-state index contributed by atoms with van der Waals surface area (Å²) in [6, 6.07) is 5.84. The van der Waals surface area contributed by atoms with E-state index in [-0.39, 0.29) is 0 Å². The summed E-state index contributed by atoms with van der Waals surface area (Å²) in [6.07, 6.45) is 4.25. The molecule has 2 aromatic rings. The van der Waals surface area contributed by atoms with Crippen LogP contribution in [-0.4, -0.2) is 21.5 Å². The predicted molar refractivity (Wildman–Crippen MR) is 68.8 cm³/mol. The van der Waals surface area contributed by atoms with Gasteiger partial charge in [0, 0.05) is 18.3 Å². The summed E-state index contributed by atoms with van der Waals surface area (Å²) in [7, 11) is 0. The van der Waals surface area contributed by atoms with Gasteiger partial charge >= 0.3 is 0 Å². The van der Waals surface area contributed by atoms with Crippen molar-refractivity contribution in [1.29, 1.82) is 0 Å². The Morgan fingerprint density at radius 2 is 2.00 bits per heavy atom. The minimum Gasteiger partial charge on any atom is -0.370 e. The lowest BCUT2D eigenvalue weighted by molar-refractivity contribution is 1.02. The molecule has 0 aromatic carbocycles. The number of rotatable bonds is 4. The lowest BCUT2D eigenvalue weighted by atomic mass is 10.1. The van der Waals surface area contributed by atoms with Gasteiger partial charge in [-0.3, -0.25) is 4.98 Å². The van der Waals surface area contributed by atoms with Crippen molar-refractivity contribution in [2.45, 2.75) is 20.3 Å². The van der Waals surface area contributed by atoms with Gasteiger partial charge in [-0.1, -0.05) is 13.0 Å². The number of hydrogen-bond acceptors (Lipinski definition) is 4. The standard InChI is InChI=1S/C13H16N4/c1-3-10-12(11-7-5-6-8-15-11)16-9-17-13(10)14-4-2/h5-9H,3-4H2,1-2H3,(H,14,16,17). The molecule has 0 radical (unpaired) electrons. The van der Waals surface area contributed by atoms with Gasteiger partial charge < -0.3 is 5.32 Å². The summed E-state index contributed by atoms with van der Waals surface area (Å²) in [5.74, 6) is 0.908. The Bertz CT molecular complexity index is 482. The van der Waals surface area contributed by atoms with Crippen molar-refractivity contribution < 1.29 is 0 Å². The summed E-state index contributed by atoms with van der Waals surface area (Å²) in [4.78, 5) is 13.0. The summed E-state index contributed by atoms with van der Waals surface area (Å²) in [5.41, 5.74) is 2.93. The number of nitrogens with zero attached hydrogens (tertiary/aromatic N) is 3. The van der Waals surface area contributed by atoms with Gasteiger partial charge in [0.2, 0.25) is 0 Å². The Hall–Kier alpha value is -1.97. The van der Waals surface area contributed by atoms with E-state index in [1.165, 1.54) is 0 Å². The second-order valence-electron chi connectivity index (χ2n) is 3.65. The van der Waals surface area contributed by atoms with Crippen LogP contribution in [0.15, 0.2) is 30.7 Å². The van der Waals surface area contributed by atoms with Gasteiger partial charge in [-0.15, -0.1) is 0 Å². The van der Waals surface area contributed by atoms with Crippen molar-refractivity contribution in [1.82, 2.24) is 15.0 Å². The Morgan fingerprint density at radius 3 is 2.65 bits per heavy atom. The molecular formula is C13H16N4. The molecule has 0 aliphatic carbocycles. The molecule has 0 aliphatic heterocycles. The minimum absolute atomic E-state index is 0.853. The van der Waals surface area contributed by atoms with Gasteiger partial charge in [-0.05, 0) is 25.5 Å². The fraction of sp³-hybridized carbons (Fsp3) is 0.308. The van der Waals surface area contributed by atoms with E-state index in [0.29, 0.717) is 0 Å². The molecule has 0 aliphatic rings. The molecule has 2 heterocycles. The molecule has 1 N–H and O–H groups in total. The third-order valence-electron chi connectivity index (χ3n) is 2.55. The van der Waals surface area contributed by atoms with Gasteiger partial charge in [0.1, 0.15) is 12.1 Å². The first kappa shape index (κ1) is 11.5. The first-order valence-corrected chi connectivity index (χ1v) is 5.86. The van der Waals surface area contributed by atoms with E-state index in [9.17, 15) is 0 Å². The molecule has 0 saturated carbocycles. The highest BCUT2D eigenvalue weighted by molar-refractivity contribution is 5.65. The third kappa shape index (κ3) is 2.41. The van der Waals surface area contributed by atoms with E-state index in [4.69, 9.17) is 0 Å². The van der Waals surface area contributed by atoms with Crippen molar-refractivity contribution in [2.24, 2.45) is 0 Å². The number of aromatic nitrogens is 3. The molecule has 0 amide bonds. The molecule has 0 unspecified atom stereocenters. The van der Waals surface area contributed by atoms with Crippen LogP contribution in [0.5, 0.6) is 0 Å². The van der Waals surface area contributed by atoms with Crippen LogP contribution in [0.2, 0.25) is 0 Å². The van der Waals surface area contributed by atoms with Gasteiger partial charge in [0.05, 0.1) is 11.4 Å². The lowest BCUT2D eigenvalue weighted by Gasteiger charge is -2.11.